The quantitative estimate of drug-likeness (QED) is 0.374. The Labute approximate surface area is 117 Å². The van der Waals surface area contributed by atoms with Crippen LogP contribution in [0.2, 0.25) is 0 Å². The van der Waals surface area contributed by atoms with E-state index in [0.29, 0.717) is 13.1 Å². The molecule has 0 amide bonds. The second-order valence-corrected chi connectivity index (χ2v) is 5.19. The fourth-order valence-electron chi connectivity index (χ4n) is 2.18. The summed E-state index contributed by atoms with van der Waals surface area (Å²) in [5, 5.41) is 8.97. The summed E-state index contributed by atoms with van der Waals surface area (Å²) in [6.07, 6.45) is 9.76. The van der Waals surface area contributed by atoms with Crippen LogP contribution in [-0.2, 0) is 4.79 Å². The van der Waals surface area contributed by atoms with Crippen molar-refractivity contribution in [2.75, 3.05) is 13.1 Å². The first-order chi connectivity index (χ1) is 8.96. The molecule has 0 atom stereocenters. The number of nitrogens with two attached hydrogens (primary N) is 2. The molecule has 0 aromatic heterocycles. The third-order valence-corrected chi connectivity index (χ3v) is 3.53. The van der Waals surface area contributed by atoms with Crippen molar-refractivity contribution in [1.29, 1.82) is 0 Å². The van der Waals surface area contributed by atoms with E-state index in [1.54, 1.807) is 4.90 Å². The summed E-state index contributed by atoms with van der Waals surface area (Å²) in [5.41, 5.74) is 11.2. The Kier molecular flexibility index (Phi) is 9.83. The van der Waals surface area contributed by atoms with Crippen LogP contribution in [0.1, 0.15) is 65.2 Å². The van der Waals surface area contributed by atoms with Crippen LogP contribution in [0, 0.1) is 0 Å². The molecule has 0 aromatic rings. The van der Waals surface area contributed by atoms with Crippen molar-refractivity contribution in [3.8, 4) is 0 Å². The summed E-state index contributed by atoms with van der Waals surface area (Å²) >= 11 is 0. The van der Waals surface area contributed by atoms with Crippen LogP contribution in [0.25, 0.3) is 0 Å². The number of likely N-dealkylation sites (N-methyl/N-ethyl adjacent to an activating group) is 1. The van der Waals surface area contributed by atoms with E-state index in [2.05, 4.69) is 6.92 Å². The maximum Gasteiger partial charge on any atom is 0.354 e. The summed E-state index contributed by atoms with van der Waals surface area (Å²) in [7, 11) is 0. The molecule has 0 bridgehead atoms. The Morgan fingerprint density at radius 1 is 1.00 bits per heavy atom. The van der Waals surface area contributed by atoms with E-state index in [1.807, 2.05) is 6.92 Å². The number of carboxylic acid groups (broad SMARTS) is 1. The van der Waals surface area contributed by atoms with E-state index in [-0.39, 0.29) is 0 Å². The van der Waals surface area contributed by atoms with Gasteiger partial charge in [0.1, 0.15) is 0 Å². The second kappa shape index (κ2) is 10.2. The summed E-state index contributed by atoms with van der Waals surface area (Å²) in [4.78, 5) is 12.6. The van der Waals surface area contributed by atoms with Crippen LogP contribution in [0.3, 0.4) is 0 Å². The predicted octanol–water partition coefficient (Wildman–Crippen LogP) is 2.10. The Morgan fingerprint density at radius 2 is 1.47 bits per heavy atom. The van der Waals surface area contributed by atoms with Gasteiger partial charge in [0.25, 0.3) is 0 Å². The zero-order chi connectivity index (χ0) is 14.7. The maximum atomic E-state index is 11.0. The highest BCUT2D eigenvalue weighted by atomic mass is 16.4. The number of unbranched alkanes of at least 4 members (excludes halogenated alkanes) is 7. The molecule has 0 unspecified atom stereocenters. The first-order valence-electron chi connectivity index (χ1n) is 7.53. The lowest BCUT2D eigenvalue weighted by Gasteiger charge is -2.33. The average Bonchev–Trinajstić information content (AvgIpc) is 2.36. The van der Waals surface area contributed by atoms with Gasteiger partial charge < -0.3 is 5.11 Å². The molecule has 5 heteroatoms. The molecule has 0 saturated heterocycles. The number of aliphatic carboxylic acids is 1. The molecular formula is C14H31N3O2. The number of carbonyl (C=O) groups is 1. The lowest BCUT2D eigenvalue weighted by molar-refractivity contribution is -0.151. The second-order valence-electron chi connectivity index (χ2n) is 5.19. The fraction of sp³-hybridized carbons (Fsp3) is 0.929. The van der Waals surface area contributed by atoms with Gasteiger partial charge >= 0.3 is 5.97 Å². The van der Waals surface area contributed by atoms with Crippen LogP contribution in [0.5, 0.6) is 0 Å². The zero-order valence-electron chi connectivity index (χ0n) is 12.5. The van der Waals surface area contributed by atoms with E-state index in [0.717, 1.165) is 12.8 Å². The first-order valence-corrected chi connectivity index (χ1v) is 7.53. The molecule has 114 valence electrons. The number of hydrogen-bond acceptors (Lipinski definition) is 4. The smallest absolute Gasteiger partial charge is 0.354 e. The topological polar surface area (TPSA) is 92.6 Å². The molecule has 0 aliphatic rings. The van der Waals surface area contributed by atoms with E-state index in [1.165, 1.54) is 38.5 Å². The van der Waals surface area contributed by atoms with Crippen LogP contribution >= 0.6 is 0 Å². The number of hydrogen-bond donors (Lipinski definition) is 3. The molecule has 0 spiro atoms. The Bertz CT molecular complexity index is 245. The molecule has 5 N–H and O–H groups in total. The van der Waals surface area contributed by atoms with Gasteiger partial charge in [-0.3, -0.25) is 16.4 Å². The molecule has 5 nitrogen and oxygen atoms in total. The van der Waals surface area contributed by atoms with Gasteiger partial charge in [-0.15, -0.1) is 0 Å². The fourth-order valence-corrected chi connectivity index (χ4v) is 2.18. The first kappa shape index (κ1) is 18.4. The average molecular weight is 273 g/mol. The van der Waals surface area contributed by atoms with Gasteiger partial charge in [0.05, 0.1) is 0 Å². The van der Waals surface area contributed by atoms with Gasteiger partial charge in [-0.05, 0) is 13.0 Å². The van der Waals surface area contributed by atoms with Gasteiger partial charge in [-0.2, -0.15) is 0 Å². The minimum atomic E-state index is -1.74. The molecule has 0 aliphatic heterocycles. The predicted molar refractivity (Wildman–Crippen MR) is 78.6 cm³/mol. The zero-order valence-corrected chi connectivity index (χ0v) is 12.5. The highest BCUT2D eigenvalue weighted by molar-refractivity contribution is 5.76. The standard InChI is InChI=1S/C14H31N3O2/c1-3-5-6-7-8-9-10-11-12-17(4-2)14(15,16)13(18)19/h3-12,15-16H2,1-2H3,(H,18,19). The largest absolute Gasteiger partial charge is 0.478 e. The summed E-state index contributed by atoms with van der Waals surface area (Å²) in [5.74, 6) is -2.91. The SMILES string of the molecule is CCCCCCCCCCN(CC)C(N)(N)C(=O)O. The van der Waals surface area contributed by atoms with Crippen molar-refractivity contribution >= 4 is 5.97 Å². The number of rotatable bonds is 12. The van der Waals surface area contributed by atoms with Gasteiger partial charge in [-0.25, -0.2) is 4.79 Å². The monoisotopic (exact) mass is 273 g/mol. The minimum absolute atomic E-state index is 0.551. The maximum absolute atomic E-state index is 11.0. The van der Waals surface area contributed by atoms with Gasteiger partial charge in [0.15, 0.2) is 0 Å². The van der Waals surface area contributed by atoms with Gasteiger partial charge in [-0.1, -0.05) is 58.8 Å². The molecule has 0 heterocycles. The Balaban J connectivity index is 3.71. The molecule has 0 rings (SSSR count). The van der Waals surface area contributed by atoms with Crippen LogP contribution in [0.15, 0.2) is 0 Å². The van der Waals surface area contributed by atoms with E-state index >= 15 is 0 Å². The third-order valence-electron chi connectivity index (χ3n) is 3.53. The Hall–Kier alpha value is -0.650. The highest BCUT2D eigenvalue weighted by Gasteiger charge is 2.34. The van der Waals surface area contributed by atoms with E-state index in [9.17, 15) is 4.79 Å². The highest BCUT2D eigenvalue weighted by Crippen LogP contribution is 2.10. The van der Waals surface area contributed by atoms with Crippen molar-refractivity contribution in [3.63, 3.8) is 0 Å². The minimum Gasteiger partial charge on any atom is -0.478 e. The normalized spacial score (nSPS) is 12.1. The van der Waals surface area contributed by atoms with Crippen molar-refractivity contribution in [3.05, 3.63) is 0 Å². The van der Waals surface area contributed by atoms with Crippen molar-refractivity contribution in [2.24, 2.45) is 11.5 Å². The van der Waals surface area contributed by atoms with Crippen molar-refractivity contribution < 1.29 is 9.90 Å². The number of carboxylic acids is 1. The summed E-state index contributed by atoms with van der Waals surface area (Å²) in [6.45, 7) is 5.29. The van der Waals surface area contributed by atoms with E-state index in [4.69, 9.17) is 16.6 Å². The lowest BCUT2D eigenvalue weighted by Crippen LogP contribution is -2.68. The summed E-state index contributed by atoms with van der Waals surface area (Å²) < 4.78 is 0. The van der Waals surface area contributed by atoms with Crippen molar-refractivity contribution in [2.45, 2.75) is 71.0 Å². The molecule has 0 aromatic carbocycles. The Morgan fingerprint density at radius 3 is 1.89 bits per heavy atom. The molecule has 0 fully saturated rings. The van der Waals surface area contributed by atoms with Crippen LogP contribution < -0.4 is 11.5 Å². The molecule has 19 heavy (non-hydrogen) atoms. The molecule has 0 saturated carbocycles. The molecule has 0 aliphatic carbocycles. The van der Waals surface area contributed by atoms with Crippen LogP contribution in [0.4, 0.5) is 0 Å². The van der Waals surface area contributed by atoms with Gasteiger partial charge in [0.2, 0.25) is 5.79 Å². The van der Waals surface area contributed by atoms with Crippen molar-refractivity contribution in [1.82, 2.24) is 4.90 Å². The van der Waals surface area contributed by atoms with E-state index < -0.39 is 11.8 Å². The third kappa shape index (κ3) is 7.50. The molecular weight excluding hydrogens is 242 g/mol. The van der Waals surface area contributed by atoms with Crippen LogP contribution in [-0.4, -0.2) is 34.9 Å². The van der Waals surface area contributed by atoms with Gasteiger partial charge in [0, 0.05) is 6.54 Å². The lowest BCUT2D eigenvalue weighted by atomic mass is 10.1. The molecule has 0 radical (unpaired) electrons. The number of nitrogens with zero attached hydrogens (tertiary/aromatic N) is 1. The summed E-state index contributed by atoms with van der Waals surface area (Å²) in [6, 6.07) is 0.